The molecule has 0 amide bonds. The van der Waals surface area contributed by atoms with Crippen LogP contribution >= 0.6 is 0 Å². The van der Waals surface area contributed by atoms with Crippen molar-refractivity contribution in [3.63, 3.8) is 0 Å². The van der Waals surface area contributed by atoms with Crippen LogP contribution < -0.4 is 5.32 Å². The molecule has 6 nitrogen and oxygen atoms in total. The molecule has 0 spiro atoms. The van der Waals surface area contributed by atoms with Crippen LogP contribution in [0.5, 0.6) is 0 Å². The van der Waals surface area contributed by atoms with Gasteiger partial charge in [-0.15, -0.1) is 0 Å². The number of fused-ring (bicyclic) bond motifs is 1. The lowest BCUT2D eigenvalue weighted by atomic mass is 9.88. The van der Waals surface area contributed by atoms with E-state index in [0.717, 1.165) is 55.3 Å². The van der Waals surface area contributed by atoms with Crippen molar-refractivity contribution in [2.24, 2.45) is 4.99 Å². The molecule has 0 saturated carbocycles. The summed E-state index contributed by atoms with van der Waals surface area (Å²) >= 11 is 0. The summed E-state index contributed by atoms with van der Waals surface area (Å²) in [5.41, 5.74) is 1.03. The lowest BCUT2D eigenvalue weighted by molar-refractivity contribution is -0.00522. The molecule has 6 heteroatoms. The molecule has 3 rings (SSSR count). The van der Waals surface area contributed by atoms with Crippen molar-refractivity contribution in [1.82, 2.24) is 15.1 Å². The van der Waals surface area contributed by atoms with E-state index in [9.17, 15) is 0 Å². The quantitative estimate of drug-likeness (QED) is 0.658. The van der Waals surface area contributed by atoms with Gasteiger partial charge >= 0.3 is 0 Å². The summed E-state index contributed by atoms with van der Waals surface area (Å²) in [6.45, 7) is 3.15. The maximum absolute atomic E-state index is 5.94. The average Bonchev–Trinajstić information content (AvgIpc) is 3.05. The molecular formula is C20H30N4O2. The third kappa shape index (κ3) is 4.02. The van der Waals surface area contributed by atoms with Gasteiger partial charge in [-0.05, 0) is 39.1 Å². The highest BCUT2D eigenvalue weighted by atomic mass is 16.5. The van der Waals surface area contributed by atoms with Crippen LogP contribution in [0.2, 0.25) is 0 Å². The van der Waals surface area contributed by atoms with Gasteiger partial charge in [-0.25, -0.2) is 0 Å². The average molecular weight is 358 g/mol. The lowest BCUT2D eigenvalue weighted by Gasteiger charge is -2.43. The topological polar surface area (TPSA) is 53.2 Å². The molecule has 1 saturated heterocycles. The molecule has 1 aliphatic rings. The third-order valence-electron chi connectivity index (χ3n) is 5.39. The fraction of sp³-hybridized carbons (Fsp3) is 0.550. The smallest absolute Gasteiger partial charge is 0.193 e. The minimum atomic E-state index is 0.106. The van der Waals surface area contributed by atoms with Crippen molar-refractivity contribution < 1.29 is 9.15 Å². The van der Waals surface area contributed by atoms with E-state index < -0.39 is 0 Å². The molecule has 1 N–H and O–H groups in total. The monoisotopic (exact) mass is 358 g/mol. The second kappa shape index (κ2) is 8.10. The Morgan fingerprint density at radius 3 is 2.58 bits per heavy atom. The van der Waals surface area contributed by atoms with Gasteiger partial charge in [-0.1, -0.05) is 18.2 Å². The van der Waals surface area contributed by atoms with E-state index in [2.05, 4.69) is 46.3 Å². The van der Waals surface area contributed by atoms with Crippen LogP contribution in [0.3, 0.4) is 0 Å². The number of ether oxygens (including phenoxy) is 1. The summed E-state index contributed by atoms with van der Waals surface area (Å²) in [5, 5.41) is 4.68. The number of benzene rings is 1. The van der Waals surface area contributed by atoms with Crippen molar-refractivity contribution in [2.75, 3.05) is 47.9 Å². The maximum atomic E-state index is 5.94. The number of likely N-dealkylation sites (N-methyl/N-ethyl adjacent to an activating group) is 1. The Labute approximate surface area is 155 Å². The Kier molecular flexibility index (Phi) is 5.84. The zero-order valence-electron chi connectivity index (χ0n) is 16.3. The fourth-order valence-corrected chi connectivity index (χ4v) is 3.59. The molecule has 1 aliphatic heterocycles. The Hall–Kier alpha value is -2.05. The molecule has 1 aromatic heterocycles. The second-order valence-electron chi connectivity index (χ2n) is 7.24. The second-order valence-corrected chi connectivity index (χ2v) is 7.24. The van der Waals surface area contributed by atoms with E-state index in [0.29, 0.717) is 6.54 Å². The van der Waals surface area contributed by atoms with Crippen molar-refractivity contribution in [1.29, 1.82) is 0 Å². The van der Waals surface area contributed by atoms with E-state index in [1.165, 1.54) is 0 Å². The van der Waals surface area contributed by atoms with Gasteiger partial charge in [-0.3, -0.25) is 4.99 Å². The number of para-hydroxylation sites is 1. The van der Waals surface area contributed by atoms with Crippen LogP contribution in [0.1, 0.15) is 18.6 Å². The van der Waals surface area contributed by atoms with E-state index in [1.807, 2.05) is 32.3 Å². The Balaban J connectivity index is 1.64. The molecule has 2 heterocycles. The van der Waals surface area contributed by atoms with E-state index in [-0.39, 0.29) is 5.54 Å². The van der Waals surface area contributed by atoms with E-state index >= 15 is 0 Å². The van der Waals surface area contributed by atoms with Gasteiger partial charge < -0.3 is 24.3 Å². The number of rotatable bonds is 5. The van der Waals surface area contributed by atoms with Crippen LogP contribution in [0.15, 0.2) is 39.7 Å². The Morgan fingerprint density at radius 2 is 1.92 bits per heavy atom. The first-order valence-electron chi connectivity index (χ1n) is 9.18. The molecule has 0 bridgehead atoms. The molecule has 1 aromatic carbocycles. The van der Waals surface area contributed by atoms with E-state index in [1.54, 1.807) is 0 Å². The van der Waals surface area contributed by atoms with Crippen molar-refractivity contribution in [3.8, 4) is 0 Å². The van der Waals surface area contributed by atoms with Crippen LogP contribution in [0.25, 0.3) is 11.0 Å². The minimum absolute atomic E-state index is 0.106. The zero-order chi connectivity index (χ0) is 18.6. The number of nitrogens with one attached hydrogen (secondary N) is 1. The highest BCUT2D eigenvalue weighted by Crippen LogP contribution is 2.25. The molecule has 142 valence electrons. The molecule has 0 aliphatic carbocycles. The first-order chi connectivity index (χ1) is 12.5. The predicted octanol–water partition coefficient (Wildman–Crippen LogP) is 2.55. The van der Waals surface area contributed by atoms with Gasteiger partial charge in [-0.2, -0.15) is 0 Å². The van der Waals surface area contributed by atoms with Crippen molar-refractivity contribution in [3.05, 3.63) is 36.1 Å². The Bertz CT molecular complexity index is 714. The van der Waals surface area contributed by atoms with Crippen LogP contribution in [0, 0.1) is 0 Å². The summed E-state index contributed by atoms with van der Waals surface area (Å²) < 4.78 is 11.5. The largest absolute Gasteiger partial charge is 0.459 e. The standard InChI is InChI=1S/C20H30N4O2/c1-21-19(22-15-20(23(2)3)9-11-25-12-10-20)24(4)14-17-13-16-7-5-6-8-18(16)26-17/h5-8,13H,9-12,14-15H2,1-4H3,(H,21,22). The van der Waals surface area contributed by atoms with Crippen LogP contribution in [-0.4, -0.2) is 69.2 Å². The van der Waals surface area contributed by atoms with Gasteiger partial charge in [0.2, 0.25) is 0 Å². The summed E-state index contributed by atoms with van der Waals surface area (Å²) in [4.78, 5) is 8.87. The molecule has 26 heavy (non-hydrogen) atoms. The fourth-order valence-electron chi connectivity index (χ4n) is 3.59. The van der Waals surface area contributed by atoms with Crippen LogP contribution in [0.4, 0.5) is 0 Å². The predicted molar refractivity (Wildman–Crippen MR) is 106 cm³/mol. The number of guanidine groups is 1. The van der Waals surface area contributed by atoms with E-state index in [4.69, 9.17) is 9.15 Å². The number of furan rings is 1. The first kappa shape index (κ1) is 18.7. The SMILES string of the molecule is CN=C(NCC1(N(C)C)CCOCC1)N(C)Cc1cc2ccccc2o1. The summed E-state index contributed by atoms with van der Waals surface area (Å²) in [6.07, 6.45) is 2.05. The molecule has 2 aromatic rings. The van der Waals surface area contributed by atoms with Crippen molar-refractivity contribution >= 4 is 16.9 Å². The zero-order valence-corrected chi connectivity index (χ0v) is 16.3. The number of hydrogen-bond acceptors (Lipinski definition) is 4. The molecule has 0 radical (unpaired) electrons. The lowest BCUT2D eigenvalue weighted by Crippen LogP contribution is -2.57. The van der Waals surface area contributed by atoms with Gasteiger partial charge in [0.15, 0.2) is 5.96 Å². The summed E-state index contributed by atoms with van der Waals surface area (Å²) in [7, 11) is 8.15. The summed E-state index contributed by atoms with van der Waals surface area (Å²) in [5.74, 6) is 1.81. The number of nitrogens with zero attached hydrogens (tertiary/aromatic N) is 3. The normalized spacial score (nSPS) is 17.7. The Morgan fingerprint density at radius 1 is 1.19 bits per heavy atom. The molecular weight excluding hydrogens is 328 g/mol. The third-order valence-corrected chi connectivity index (χ3v) is 5.39. The van der Waals surface area contributed by atoms with Gasteiger partial charge in [0.25, 0.3) is 0 Å². The van der Waals surface area contributed by atoms with Gasteiger partial charge in [0.05, 0.1) is 6.54 Å². The van der Waals surface area contributed by atoms with Crippen LogP contribution in [-0.2, 0) is 11.3 Å². The highest BCUT2D eigenvalue weighted by Gasteiger charge is 2.35. The summed E-state index contributed by atoms with van der Waals surface area (Å²) in [6, 6.07) is 10.2. The number of hydrogen-bond donors (Lipinski definition) is 1. The number of aliphatic imine (C=N–C) groups is 1. The van der Waals surface area contributed by atoms with Gasteiger partial charge in [0, 0.05) is 44.8 Å². The minimum Gasteiger partial charge on any atom is -0.459 e. The first-order valence-corrected chi connectivity index (χ1v) is 9.18. The van der Waals surface area contributed by atoms with Crippen molar-refractivity contribution in [2.45, 2.75) is 24.9 Å². The van der Waals surface area contributed by atoms with Gasteiger partial charge in [0.1, 0.15) is 11.3 Å². The highest BCUT2D eigenvalue weighted by molar-refractivity contribution is 5.80. The molecule has 0 unspecified atom stereocenters. The molecule has 1 fully saturated rings. The molecule has 0 atom stereocenters. The maximum Gasteiger partial charge on any atom is 0.193 e.